The Bertz CT molecular complexity index is 611. The van der Waals surface area contributed by atoms with Crippen molar-refractivity contribution in [1.29, 1.82) is 5.26 Å². The number of aliphatic hydroxyl groups excluding tert-OH is 1. The third kappa shape index (κ3) is 16.1. The van der Waals surface area contributed by atoms with Crippen LogP contribution in [0.4, 0.5) is 0 Å². The third-order valence-electron chi connectivity index (χ3n) is 6.83. The molecule has 1 aliphatic rings. The standard InChI is InChI=1S/C26H47ClN4O4/c1-23(21-28)22-29-25(33)13-7-3-9-15-30(16-10-4-8-14-26(34)35-27)17-18-31(19-20-32)24-11-5-2-6-12-24/h23-24,32H,2-20,22H2,1H3,(H,29,33). The van der Waals surface area contributed by atoms with E-state index in [1.807, 2.05) is 0 Å². The summed E-state index contributed by atoms with van der Waals surface area (Å²) >= 11 is 5.10. The highest BCUT2D eigenvalue weighted by atomic mass is 35.5. The highest BCUT2D eigenvalue weighted by Gasteiger charge is 2.21. The van der Waals surface area contributed by atoms with Gasteiger partial charge in [0.05, 0.1) is 18.6 Å². The number of carbonyl (C=O) groups is 2. The van der Waals surface area contributed by atoms with E-state index < -0.39 is 0 Å². The van der Waals surface area contributed by atoms with E-state index in [-0.39, 0.29) is 24.4 Å². The Kier molecular flexibility index (Phi) is 18.8. The van der Waals surface area contributed by atoms with E-state index in [4.69, 9.17) is 17.1 Å². The SMILES string of the molecule is CC(C#N)CNC(=O)CCCCCN(CCCCCC(=O)OCl)CCN(CCO)C1CCCCC1. The van der Waals surface area contributed by atoms with E-state index in [2.05, 4.69) is 25.5 Å². The van der Waals surface area contributed by atoms with Crippen LogP contribution in [0.2, 0.25) is 0 Å². The van der Waals surface area contributed by atoms with Gasteiger partial charge in [0, 0.05) is 45.1 Å². The number of hydrogen-bond acceptors (Lipinski definition) is 7. The molecule has 0 bridgehead atoms. The molecule has 1 saturated carbocycles. The van der Waals surface area contributed by atoms with Crippen molar-refractivity contribution in [3.8, 4) is 6.07 Å². The van der Waals surface area contributed by atoms with Crippen LogP contribution in [0.1, 0.15) is 90.4 Å². The molecule has 0 aliphatic heterocycles. The van der Waals surface area contributed by atoms with Crippen molar-refractivity contribution in [3.05, 3.63) is 0 Å². The number of nitriles is 1. The summed E-state index contributed by atoms with van der Waals surface area (Å²) in [5, 5.41) is 21.2. The Balaban J connectivity index is 2.41. The minimum atomic E-state index is -0.373. The summed E-state index contributed by atoms with van der Waals surface area (Å²) in [6, 6.07) is 2.71. The van der Waals surface area contributed by atoms with Crippen LogP contribution in [0.25, 0.3) is 0 Å². The van der Waals surface area contributed by atoms with Crippen molar-refractivity contribution in [1.82, 2.24) is 15.1 Å². The lowest BCUT2D eigenvalue weighted by atomic mass is 9.94. The van der Waals surface area contributed by atoms with E-state index in [0.717, 1.165) is 71.2 Å². The number of nitrogens with zero attached hydrogens (tertiary/aromatic N) is 3. The summed E-state index contributed by atoms with van der Waals surface area (Å²) in [5.41, 5.74) is 0. The molecule has 0 spiro atoms. The van der Waals surface area contributed by atoms with Gasteiger partial charge in [0.2, 0.25) is 5.91 Å². The molecule has 1 fully saturated rings. The summed E-state index contributed by atoms with van der Waals surface area (Å²) in [6.07, 6.45) is 12.8. The van der Waals surface area contributed by atoms with Gasteiger partial charge < -0.3 is 19.6 Å². The lowest BCUT2D eigenvalue weighted by molar-refractivity contribution is -0.134. The van der Waals surface area contributed by atoms with Gasteiger partial charge in [-0.05, 0) is 58.5 Å². The second-order valence-electron chi connectivity index (χ2n) is 9.80. The number of nitrogens with one attached hydrogen (secondary N) is 1. The number of unbranched alkanes of at least 4 members (excludes halogenated alkanes) is 4. The zero-order chi connectivity index (χ0) is 25.7. The van der Waals surface area contributed by atoms with Gasteiger partial charge in [0.1, 0.15) is 11.9 Å². The van der Waals surface area contributed by atoms with E-state index in [0.29, 0.717) is 25.4 Å². The summed E-state index contributed by atoms with van der Waals surface area (Å²) in [5.74, 6) is -0.513. The molecule has 0 aromatic heterocycles. The van der Waals surface area contributed by atoms with E-state index in [9.17, 15) is 14.7 Å². The molecular formula is C26H47ClN4O4. The molecule has 202 valence electrons. The molecule has 0 aromatic carbocycles. The average molecular weight is 515 g/mol. The molecule has 2 N–H and O–H groups in total. The predicted molar refractivity (Wildman–Crippen MR) is 139 cm³/mol. The second-order valence-corrected chi connectivity index (χ2v) is 9.95. The van der Waals surface area contributed by atoms with Crippen LogP contribution < -0.4 is 5.32 Å². The molecule has 0 heterocycles. The molecule has 1 aliphatic carbocycles. The number of rotatable bonds is 20. The first-order valence-electron chi connectivity index (χ1n) is 13.5. The topological polar surface area (TPSA) is 106 Å². The Morgan fingerprint density at radius 3 is 2.26 bits per heavy atom. The minimum Gasteiger partial charge on any atom is -0.395 e. The van der Waals surface area contributed by atoms with Crippen LogP contribution in [0, 0.1) is 17.2 Å². The largest absolute Gasteiger partial charge is 0.395 e. The van der Waals surface area contributed by atoms with Gasteiger partial charge in [-0.2, -0.15) is 5.26 Å². The number of hydrogen-bond donors (Lipinski definition) is 2. The Labute approximate surface area is 217 Å². The molecule has 0 saturated heterocycles. The normalized spacial score (nSPS) is 15.2. The van der Waals surface area contributed by atoms with Gasteiger partial charge in [-0.15, -0.1) is 0 Å². The number of aliphatic hydroxyl groups is 1. The smallest absolute Gasteiger partial charge is 0.324 e. The van der Waals surface area contributed by atoms with E-state index in [1.54, 1.807) is 6.92 Å². The van der Waals surface area contributed by atoms with E-state index in [1.165, 1.54) is 32.1 Å². The Hall–Kier alpha value is -1.40. The van der Waals surface area contributed by atoms with Crippen LogP contribution in [0.3, 0.4) is 0 Å². The quantitative estimate of drug-likeness (QED) is 0.236. The van der Waals surface area contributed by atoms with Gasteiger partial charge in [0.25, 0.3) is 0 Å². The first kappa shape index (κ1) is 31.6. The maximum atomic E-state index is 11.9. The summed E-state index contributed by atoms with van der Waals surface area (Å²) < 4.78 is 4.20. The highest BCUT2D eigenvalue weighted by molar-refractivity contribution is 6.13. The molecule has 8 nitrogen and oxygen atoms in total. The van der Waals surface area contributed by atoms with Crippen molar-refractivity contribution < 1.29 is 19.0 Å². The number of carbonyl (C=O) groups excluding carboxylic acids is 2. The second kappa shape index (κ2) is 20.8. The zero-order valence-corrected chi connectivity index (χ0v) is 22.4. The molecule has 1 amide bonds. The fourth-order valence-electron chi connectivity index (χ4n) is 4.68. The van der Waals surface area contributed by atoms with Gasteiger partial charge in [-0.3, -0.25) is 14.5 Å². The lowest BCUT2D eigenvalue weighted by Gasteiger charge is -2.35. The van der Waals surface area contributed by atoms with Crippen LogP contribution in [-0.4, -0.2) is 78.7 Å². The fourth-order valence-corrected chi connectivity index (χ4v) is 4.75. The molecule has 1 atom stereocenters. The molecule has 0 radical (unpaired) electrons. The van der Waals surface area contributed by atoms with Gasteiger partial charge in [-0.25, -0.2) is 0 Å². The van der Waals surface area contributed by atoms with Crippen molar-refractivity contribution in [2.45, 2.75) is 96.4 Å². The van der Waals surface area contributed by atoms with E-state index >= 15 is 0 Å². The first-order chi connectivity index (χ1) is 17.0. The van der Waals surface area contributed by atoms with Crippen molar-refractivity contribution in [2.75, 3.05) is 45.9 Å². The van der Waals surface area contributed by atoms with Crippen LogP contribution in [0.15, 0.2) is 0 Å². The molecule has 0 aromatic rings. The summed E-state index contributed by atoms with van der Waals surface area (Å²) in [7, 11) is 0. The van der Waals surface area contributed by atoms with Crippen molar-refractivity contribution >= 4 is 23.7 Å². The summed E-state index contributed by atoms with van der Waals surface area (Å²) in [4.78, 5) is 28.1. The Morgan fingerprint density at radius 1 is 1.00 bits per heavy atom. The van der Waals surface area contributed by atoms with Crippen LogP contribution >= 0.6 is 11.9 Å². The molecular weight excluding hydrogens is 468 g/mol. The molecule has 9 heteroatoms. The monoisotopic (exact) mass is 514 g/mol. The number of halogens is 1. The first-order valence-corrected chi connectivity index (χ1v) is 13.9. The molecule has 35 heavy (non-hydrogen) atoms. The van der Waals surface area contributed by atoms with Gasteiger partial charge >= 0.3 is 5.97 Å². The third-order valence-corrected chi connectivity index (χ3v) is 7.00. The minimum absolute atomic E-state index is 0.0200. The number of amides is 1. The van der Waals surface area contributed by atoms with Crippen molar-refractivity contribution in [2.24, 2.45) is 5.92 Å². The molecule has 1 unspecified atom stereocenters. The zero-order valence-electron chi connectivity index (χ0n) is 21.7. The average Bonchev–Trinajstić information content (AvgIpc) is 2.88. The van der Waals surface area contributed by atoms with Gasteiger partial charge in [-0.1, -0.05) is 32.1 Å². The van der Waals surface area contributed by atoms with Gasteiger partial charge in [0.15, 0.2) is 0 Å². The van der Waals surface area contributed by atoms with Crippen LogP contribution in [-0.2, 0) is 13.9 Å². The maximum Gasteiger partial charge on any atom is 0.324 e. The summed E-state index contributed by atoms with van der Waals surface area (Å²) in [6.45, 7) is 7.02. The highest BCUT2D eigenvalue weighted by Crippen LogP contribution is 2.22. The Morgan fingerprint density at radius 2 is 1.66 bits per heavy atom. The van der Waals surface area contributed by atoms with Crippen LogP contribution in [0.5, 0.6) is 0 Å². The maximum absolute atomic E-state index is 11.9. The van der Waals surface area contributed by atoms with Crippen molar-refractivity contribution in [3.63, 3.8) is 0 Å². The lowest BCUT2D eigenvalue weighted by Crippen LogP contribution is -2.43. The fraction of sp³-hybridized carbons (Fsp3) is 0.885. The molecule has 1 rings (SSSR count). The predicted octanol–water partition coefficient (Wildman–Crippen LogP) is 4.01.